The van der Waals surface area contributed by atoms with Gasteiger partial charge in [0, 0.05) is 44.4 Å². The summed E-state index contributed by atoms with van der Waals surface area (Å²) in [4.78, 5) is 28.2. The predicted octanol–water partition coefficient (Wildman–Crippen LogP) is 3.00. The number of piperazine rings is 1. The average Bonchev–Trinajstić information content (AvgIpc) is 3.21. The molecule has 0 bridgehead atoms. The molecular weight excluding hydrogens is 394 g/mol. The van der Waals surface area contributed by atoms with Crippen molar-refractivity contribution in [2.75, 3.05) is 39.2 Å². The molecule has 8 nitrogen and oxygen atoms in total. The fraction of sp³-hybridized carbons (Fsp3) is 0.350. The van der Waals surface area contributed by atoms with E-state index in [0.717, 1.165) is 36.7 Å². The first kappa shape index (κ1) is 19.5. The highest BCUT2D eigenvalue weighted by Crippen LogP contribution is 2.33. The second kappa shape index (κ2) is 8.30. The first-order valence-corrected chi connectivity index (χ1v) is 10.5. The Hall–Kier alpha value is -2.78. The normalized spacial score (nSPS) is 16.1. The van der Waals surface area contributed by atoms with Gasteiger partial charge in [-0.15, -0.1) is 11.8 Å². The van der Waals surface area contributed by atoms with Gasteiger partial charge in [-0.3, -0.25) is 19.8 Å². The second-order valence-corrected chi connectivity index (χ2v) is 7.75. The molecule has 1 fully saturated rings. The number of ether oxygens (including phenoxy) is 2. The number of rotatable bonds is 5. The minimum absolute atomic E-state index is 0.0233. The molecule has 0 N–H and O–H groups in total. The van der Waals surface area contributed by atoms with Gasteiger partial charge in [0.25, 0.3) is 11.6 Å². The summed E-state index contributed by atoms with van der Waals surface area (Å²) >= 11 is 1.30. The molecule has 0 aliphatic carbocycles. The van der Waals surface area contributed by atoms with Crippen LogP contribution in [0.2, 0.25) is 0 Å². The summed E-state index contributed by atoms with van der Waals surface area (Å²) in [6, 6.07) is 10.6. The summed E-state index contributed by atoms with van der Waals surface area (Å²) < 4.78 is 10.8. The van der Waals surface area contributed by atoms with Gasteiger partial charge >= 0.3 is 0 Å². The lowest BCUT2D eigenvalue weighted by atomic mass is 10.1. The number of nitro benzene ring substituents is 1. The maximum absolute atomic E-state index is 12.8. The number of carbonyl (C=O) groups is 1. The van der Waals surface area contributed by atoms with Crippen molar-refractivity contribution in [3.8, 4) is 11.5 Å². The van der Waals surface area contributed by atoms with Crippen molar-refractivity contribution in [3.63, 3.8) is 0 Å². The Morgan fingerprint density at radius 1 is 1.10 bits per heavy atom. The molecule has 1 saturated heterocycles. The van der Waals surface area contributed by atoms with E-state index in [9.17, 15) is 14.9 Å². The summed E-state index contributed by atoms with van der Waals surface area (Å²) in [7, 11) is 0. The van der Waals surface area contributed by atoms with E-state index in [0.29, 0.717) is 23.5 Å². The first-order chi connectivity index (χ1) is 14.0. The Kier molecular flexibility index (Phi) is 5.59. The van der Waals surface area contributed by atoms with Gasteiger partial charge in [0.2, 0.25) is 6.79 Å². The molecule has 2 aromatic rings. The number of hydrogen-bond acceptors (Lipinski definition) is 7. The molecule has 2 aliphatic heterocycles. The van der Waals surface area contributed by atoms with E-state index in [-0.39, 0.29) is 18.4 Å². The van der Waals surface area contributed by atoms with Crippen LogP contribution in [0.25, 0.3) is 0 Å². The summed E-state index contributed by atoms with van der Waals surface area (Å²) in [6.45, 7) is 3.68. The van der Waals surface area contributed by atoms with E-state index in [2.05, 4.69) is 4.90 Å². The highest BCUT2D eigenvalue weighted by Gasteiger charge is 2.25. The van der Waals surface area contributed by atoms with E-state index in [1.54, 1.807) is 23.3 Å². The minimum Gasteiger partial charge on any atom is -0.454 e. The Balaban J connectivity index is 1.37. The van der Waals surface area contributed by atoms with Crippen molar-refractivity contribution < 1.29 is 19.2 Å². The molecule has 2 heterocycles. The number of hydrogen-bond donors (Lipinski definition) is 0. The lowest BCUT2D eigenvalue weighted by molar-refractivity contribution is -0.387. The monoisotopic (exact) mass is 415 g/mol. The van der Waals surface area contributed by atoms with Gasteiger partial charge in [0.15, 0.2) is 11.5 Å². The number of nitrogens with zero attached hydrogens (tertiary/aromatic N) is 3. The van der Waals surface area contributed by atoms with Gasteiger partial charge in [0.1, 0.15) is 0 Å². The van der Waals surface area contributed by atoms with E-state index in [1.165, 1.54) is 17.8 Å². The van der Waals surface area contributed by atoms with Crippen LogP contribution in [0.5, 0.6) is 11.5 Å². The second-order valence-electron chi connectivity index (χ2n) is 6.90. The smallest absolute Gasteiger partial charge is 0.283 e. The molecule has 0 saturated carbocycles. The van der Waals surface area contributed by atoms with Crippen LogP contribution in [0.3, 0.4) is 0 Å². The number of thioether (sulfide) groups is 1. The van der Waals surface area contributed by atoms with Gasteiger partial charge in [-0.1, -0.05) is 6.07 Å². The number of amides is 1. The maximum atomic E-state index is 12.8. The topological polar surface area (TPSA) is 85.2 Å². The molecule has 2 aliphatic rings. The van der Waals surface area contributed by atoms with Crippen molar-refractivity contribution in [1.82, 2.24) is 9.80 Å². The first-order valence-electron chi connectivity index (χ1n) is 9.28. The Morgan fingerprint density at radius 2 is 1.86 bits per heavy atom. The molecule has 0 spiro atoms. The molecule has 0 unspecified atom stereocenters. The van der Waals surface area contributed by atoms with Crippen molar-refractivity contribution in [2.45, 2.75) is 11.4 Å². The fourth-order valence-electron chi connectivity index (χ4n) is 3.55. The van der Waals surface area contributed by atoms with E-state index < -0.39 is 4.92 Å². The van der Waals surface area contributed by atoms with Crippen molar-refractivity contribution in [2.24, 2.45) is 0 Å². The Labute approximate surface area is 172 Å². The molecule has 29 heavy (non-hydrogen) atoms. The number of nitro groups is 1. The summed E-state index contributed by atoms with van der Waals surface area (Å²) in [5, 5.41) is 11.3. The zero-order valence-electron chi connectivity index (χ0n) is 16.0. The summed E-state index contributed by atoms with van der Waals surface area (Å²) in [5.41, 5.74) is 1.47. The number of benzene rings is 2. The lowest BCUT2D eigenvalue weighted by Crippen LogP contribution is -2.48. The maximum Gasteiger partial charge on any atom is 0.283 e. The summed E-state index contributed by atoms with van der Waals surface area (Å²) in [6.07, 6.45) is 1.78. The molecule has 9 heteroatoms. The molecular formula is C20H21N3O5S. The van der Waals surface area contributed by atoms with Crippen molar-refractivity contribution in [3.05, 3.63) is 57.6 Å². The third-order valence-corrected chi connectivity index (χ3v) is 5.91. The minimum atomic E-state index is -0.439. The van der Waals surface area contributed by atoms with Crippen LogP contribution in [-0.2, 0) is 6.54 Å². The molecule has 0 radical (unpaired) electrons. The molecule has 1 amide bonds. The van der Waals surface area contributed by atoms with Crippen molar-refractivity contribution in [1.29, 1.82) is 0 Å². The van der Waals surface area contributed by atoms with E-state index in [4.69, 9.17) is 9.47 Å². The molecule has 0 atom stereocenters. The predicted molar refractivity (Wildman–Crippen MR) is 109 cm³/mol. The zero-order valence-corrected chi connectivity index (χ0v) is 16.8. The van der Waals surface area contributed by atoms with Crippen LogP contribution in [-0.4, -0.2) is 59.9 Å². The number of fused-ring (bicyclic) bond motifs is 1. The van der Waals surface area contributed by atoms with Gasteiger partial charge in [-0.25, -0.2) is 0 Å². The Morgan fingerprint density at radius 3 is 2.59 bits per heavy atom. The molecule has 0 aromatic heterocycles. The van der Waals surface area contributed by atoms with Crippen LogP contribution >= 0.6 is 11.8 Å². The van der Waals surface area contributed by atoms with Crippen LogP contribution in [0, 0.1) is 10.1 Å². The van der Waals surface area contributed by atoms with E-state index in [1.807, 2.05) is 18.2 Å². The van der Waals surface area contributed by atoms with Gasteiger partial charge in [-0.05, 0) is 36.1 Å². The zero-order chi connectivity index (χ0) is 20.4. The van der Waals surface area contributed by atoms with Gasteiger partial charge < -0.3 is 14.4 Å². The van der Waals surface area contributed by atoms with Gasteiger partial charge in [-0.2, -0.15) is 0 Å². The average molecular weight is 415 g/mol. The quantitative estimate of drug-likeness (QED) is 0.422. The molecule has 2 aromatic carbocycles. The van der Waals surface area contributed by atoms with E-state index >= 15 is 0 Å². The standard InChI is InChI=1S/C20H21N3O5S/c1-29-19-5-3-15(11-16(19)23(25)26)20(24)22-8-6-21(7-9-22)12-14-2-4-17-18(10-14)28-13-27-17/h2-5,10-11H,6-9,12-13H2,1H3. The SMILES string of the molecule is CSc1ccc(C(=O)N2CCN(Cc3ccc4c(c3)OCO4)CC2)cc1[N+](=O)[O-]. The Bertz CT molecular complexity index is 944. The lowest BCUT2D eigenvalue weighted by Gasteiger charge is -2.34. The third-order valence-electron chi connectivity index (χ3n) is 5.13. The molecule has 4 rings (SSSR count). The van der Waals surface area contributed by atoms with Crippen LogP contribution < -0.4 is 9.47 Å². The van der Waals surface area contributed by atoms with Gasteiger partial charge in [0.05, 0.1) is 9.82 Å². The highest BCUT2D eigenvalue weighted by molar-refractivity contribution is 7.98. The van der Waals surface area contributed by atoms with Crippen LogP contribution in [0.4, 0.5) is 5.69 Å². The fourth-order valence-corrected chi connectivity index (χ4v) is 4.10. The van der Waals surface area contributed by atoms with Crippen LogP contribution in [0.15, 0.2) is 41.3 Å². The highest BCUT2D eigenvalue weighted by atomic mass is 32.2. The number of carbonyl (C=O) groups excluding carboxylic acids is 1. The molecule has 152 valence electrons. The third kappa shape index (κ3) is 4.15. The summed E-state index contributed by atoms with van der Waals surface area (Å²) in [5.74, 6) is 1.38. The van der Waals surface area contributed by atoms with Crippen molar-refractivity contribution >= 4 is 23.4 Å². The van der Waals surface area contributed by atoms with Crippen LogP contribution in [0.1, 0.15) is 15.9 Å². The largest absolute Gasteiger partial charge is 0.454 e.